The predicted molar refractivity (Wildman–Crippen MR) is 118 cm³/mol. The van der Waals surface area contributed by atoms with E-state index >= 15 is 0 Å². The van der Waals surface area contributed by atoms with Gasteiger partial charge in [-0.15, -0.1) is 0 Å². The maximum absolute atomic E-state index is 12.8. The van der Waals surface area contributed by atoms with Crippen molar-refractivity contribution in [3.8, 4) is 5.75 Å². The highest BCUT2D eigenvalue weighted by Gasteiger charge is 2.19. The Balaban J connectivity index is 1.84. The average molecular weight is 457 g/mol. The van der Waals surface area contributed by atoms with Crippen LogP contribution in [0.4, 0.5) is 5.69 Å². The van der Waals surface area contributed by atoms with Crippen molar-refractivity contribution in [1.82, 2.24) is 5.32 Å². The lowest BCUT2D eigenvalue weighted by molar-refractivity contribution is 0.0973. The average Bonchev–Trinajstić information content (AvgIpc) is 2.68. The number of benzene rings is 3. The first-order valence-electron chi connectivity index (χ1n) is 8.39. The number of methoxy groups -OCH3 is 1. The van der Waals surface area contributed by atoms with Crippen LogP contribution in [0.2, 0.25) is 0 Å². The molecule has 0 heterocycles. The fourth-order valence-electron chi connectivity index (χ4n) is 2.80. The summed E-state index contributed by atoms with van der Waals surface area (Å²) in [5, 5.41) is 7.54. The Morgan fingerprint density at radius 1 is 1.07 bits per heavy atom. The van der Waals surface area contributed by atoms with Crippen LogP contribution >= 0.6 is 28.1 Å². The Hall–Kier alpha value is -2.77. The second kappa shape index (κ2) is 8.50. The minimum atomic E-state index is -0.400. The molecule has 1 amide bonds. The molecular formula is C21H17BrN2O3S. The van der Waals surface area contributed by atoms with E-state index in [2.05, 4.69) is 26.6 Å². The molecule has 0 saturated carbocycles. The van der Waals surface area contributed by atoms with Crippen molar-refractivity contribution in [3.05, 3.63) is 70.2 Å². The van der Waals surface area contributed by atoms with Crippen LogP contribution in [0.25, 0.3) is 10.8 Å². The molecule has 3 aromatic rings. The Bertz CT molecular complexity index is 1100. The SMILES string of the molecule is COc1c(C(=O)NC(=S)Nc2cccc(C(C)=O)c2)cc2ccccc2c1Br. The molecule has 0 unspecified atom stereocenters. The monoisotopic (exact) mass is 456 g/mol. The molecule has 3 rings (SSSR count). The summed E-state index contributed by atoms with van der Waals surface area (Å²) in [4.78, 5) is 24.3. The van der Waals surface area contributed by atoms with Crippen molar-refractivity contribution < 1.29 is 14.3 Å². The normalized spacial score (nSPS) is 10.4. The van der Waals surface area contributed by atoms with Crippen LogP contribution in [-0.2, 0) is 0 Å². The molecule has 0 aliphatic rings. The van der Waals surface area contributed by atoms with E-state index in [9.17, 15) is 9.59 Å². The van der Waals surface area contributed by atoms with E-state index < -0.39 is 5.91 Å². The van der Waals surface area contributed by atoms with Crippen LogP contribution in [-0.4, -0.2) is 23.9 Å². The first kappa shape index (κ1) is 20.0. The van der Waals surface area contributed by atoms with E-state index in [-0.39, 0.29) is 10.9 Å². The quantitative estimate of drug-likeness (QED) is 0.429. The van der Waals surface area contributed by atoms with E-state index in [4.69, 9.17) is 17.0 Å². The zero-order valence-electron chi connectivity index (χ0n) is 15.2. The molecule has 3 aromatic carbocycles. The number of rotatable bonds is 4. The van der Waals surface area contributed by atoms with Crippen molar-refractivity contribution in [2.24, 2.45) is 0 Å². The molecule has 0 aliphatic carbocycles. The van der Waals surface area contributed by atoms with Crippen LogP contribution in [0.3, 0.4) is 0 Å². The number of ketones is 1. The second-order valence-corrected chi connectivity index (χ2v) is 7.24. The second-order valence-electron chi connectivity index (χ2n) is 6.04. The molecule has 0 radical (unpaired) electrons. The first-order chi connectivity index (χ1) is 13.4. The molecule has 0 saturated heterocycles. The molecule has 2 N–H and O–H groups in total. The number of hydrogen-bond acceptors (Lipinski definition) is 4. The minimum absolute atomic E-state index is 0.0515. The Labute approximate surface area is 176 Å². The van der Waals surface area contributed by atoms with E-state index in [0.29, 0.717) is 27.0 Å². The summed E-state index contributed by atoms with van der Waals surface area (Å²) in [7, 11) is 1.51. The molecule has 5 nitrogen and oxygen atoms in total. The molecule has 0 bridgehead atoms. The summed E-state index contributed by atoms with van der Waals surface area (Å²) in [6.07, 6.45) is 0. The van der Waals surface area contributed by atoms with Gasteiger partial charge in [0.25, 0.3) is 5.91 Å². The number of thiocarbonyl (C=S) groups is 1. The number of fused-ring (bicyclic) bond motifs is 1. The summed E-state index contributed by atoms with van der Waals surface area (Å²) in [6.45, 7) is 1.49. The predicted octanol–water partition coefficient (Wildman–Crippen LogP) is 4.94. The summed E-state index contributed by atoms with van der Waals surface area (Å²) < 4.78 is 6.14. The Morgan fingerprint density at radius 2 is 1.82 bits per heavy atom. The number of hydrogen-bond donors (Lipinski definition) is 2. The van der Waals surface area contributed by atoms with Crippen molar-refractivity contribution >= 4 is 61.4 Å². The number of ether oxygens (including phenoxy) is 1. The third-order valence-electron chi connectivity index (χ3n) is 4.14. The number of halogens is 1. The van der Waals surface area contributed by atoms with Gasteiger partial charge in [-0.3, -0.25) is 14.9 Å². The molecule has 0 aliphatic heterocycles. The fourth-order valence-corrected chi connectivity index (χ4v) is 3.75. The highest BCUT2D eigenvalue weighted by Crippen LogP contribution is 2.36. The topological polar surface area (TPSA) is 67.4 Å². The van der Waals surface area contributed by atoms with Gasteiger partial charge in [-0.1, -0.05) is 36.4 Å². The van der Waals surface area contributed by atoms with Gasteiger partial charge >= 0.3 is 0 Å². The zero-order valence-corrected chi connectivity index (χ0v) is 17.6. The van der Waals surface area contributed by atoms with Gasteiger partial charge in [0.2, 0.25) is 0 Å². The fraction of sp³-hybridized carbons (Fsp3) is 0.0952. The lowest BCUT2D eigenvalue weighted by atomic mass is 10.1. The lowest BCUT2D eigenvalue weighted by Crippen LogP contribution is -2.34. The lowest BCUT2D eigenvalue weighted by Gasteiger charge is -2.14. The number of carbonyl (C=O) groups excluding carboxylic acids is 2. The van der Waals surface area contributed by atoms with Gasteiger partial charge in [0.05, 0.1) is 17.1 Å². The van der Waals surface area contributed by atoms with Crippen LogP contribution in [0.15, 0.2) is 59.1 Å². The first-order valence-corrected chi connectivity index (χ1v) is 9.59. The highest BCUT2D eigenvalue weighted by atomic mass is 79.9. The number of amides is 1. The van der Waals surface area contributed by atoms with Gasteiger partial charge in [-0.25, -0.2) is 0 Å². The van der Waals surface area contributed by atoms with Gasteiger partial charge in [-0.05, 0) is 64.0 Å². The largest absolute Gasteiger partial charge is 0.495 e. The smallest absolute Gasteiger partial charge is 0.261 e. The summed E-state index contributed by atoms with van der Waals surface area (Å²) >= 11 is 8.77. The Morgan fingerprint density at radius 3 is 2.54 bits per heavy atom. The minimum Gasteiger partial charge on any atom is -0.495 e. The maximum Gasteiger partial charge on any atom is 0.261 e. The molecule has 0 atom stereocenters. The summed E-state index contributed by atoms with van der Waals surface area (Å²) in [6, 6.07) is 16.3. The summed E-state index contributed by atoms with van der Waals surface area (Å²) in [5.74, 6) is -0.0227. The van der Waals surface area contributed by atoms with Gasteiger partial charge in [0, 0.05) is 11.3 Å². The number of anilines is 1. The van der Waals surface area contributed by atoms with Gasteiger partial charge in [-0.2, -0.15) is 0 Å². The van der Waals surface area contributed by atoms with E-state index in [1.807, 2.05) is 24.3 Å². The van der Waals surface area contributed by atoms with Crippen molar-refractivity contribution in [2.45, 2.75) is 6.92 Å². The number of carbonyl (C=O) groups is 2. The van der Waals surface area contributed by atoms with Crippen molar-refractivity contribution in [2.75, 3.05) is 12.4 Å². The van der Waals surface area contributed by atoms with Gasteiger partial charge in [0.1, 0.15) is 5.75 Å². The maximum atomic E-state index is 12.8. The van der Waals surface area contributed by atoms with E-state index in [1.54, 1.807) is 30.3 Å². The third kappa shape index (κ3) is 4.21. The third-order valence-corrected chi connectivity index (χ3v) is 5.14. The molecular weight excluding hydrogens is 440 g/mol. The van der Waals surface area contributed by atoms with Crippen LogP contribution < -0.4 is 15.4 Å². The molecule has 0 aromatic heterocycles. The molecule has 28 heavy (non-hydrogen) atoms. The highest BCUT2D eigenvalue weighted by molar-refractivity contribution is 9.10. The van der Waals surface area contributed by atoms with E-state index in [0.717, 1.165) is 10.8 Å². The van der Waals surface area contributed by atoms with Crippen LogP contribution in [0.1, 0.15) is 27.6 Å². The number of Topliss-reactive ketones (excluding diaryl/α,β-unsaturated/α-hetero) is 1. The zero-order chi connectivity index (χ0) is 20.3. The molecule has 142 valence electrons. The van der Waals surface area contributed by atoms with Crippen molar-refractivity contribution in [3.63, 3.8) is 0 Å². The van der Waals surface area contributed by atoms with E-state index in [1.165, 1.54) is 14.0 Å². The Kier molecular flexibility index (Phi) is 6.06. The molecule has 0 spiro atoms. The van der Waals surface area contributed by atoms with Crippen LogP contribution in [0, 0.1) is 0 Å². The summed E-state index contributed by atoms with van der Waals surface area (Å²) in [5.41, 5.74) is 1.53. The molecule has 0 fully saturated rings. The van der Waals surface area contributed by atoms with Crippen LogP contribution in [0.5, 0.6) is 5.75 Å². The van der Waals surface area contributed by atoms with Crippen molar-refractivity contribution in [1.29, 1.82) is 0 Å². The van der Waals surface area contributed by atoms with Gasteiger partial charge in [0.15, 0.2) is 10.9 Å². The standard InChI is InChI=1S/C21H17BrN2O3S/c1-12(25)13-7-5-8-15(10-13)23-21(28)24-20(26)17-11-14-6-3-4-9-16(14)18(22)19(17)27-2/h3-11H,1-2H3,(H2,23,24,26,28). The van der Waals surface area contributed by atoms with Gasteiger partial charge < -0.3 is 10.1 Å². The molecule has 7 heteroatoms. The number of nitrogens with one attached hydrogen (secondary N) is 2.